The molecule has 176 valence electrons. The lowest BCUT2D eigenvalue weighted by atomic mass is 9.95. The Morgan fingerprint density at radius 2 is 2.00 bits per heavy atom. The van der Waals surface area contributed by atoms with Crippen LogP contribution >= 0.6 is 0 Å². The van der Waals surface area contributed by atoms with E-state index in [1.165, 1.54) is 32.1 Å². The molecule has 0 bridgehead atoms. The molecule has 3 heterocycles. The Labute approximate surface area is 198 Å². The number of imidazole rings is 1. The van der Waals surface area contributed by atoms with Crippen LogP contribution < -0.4 is 4.90 Å². The Morgan fingerprint density at radius 1 is 1.15 bits per heavy atom. The fourth-order valence-electron chi connectivity index (χ4n) is 5.99. The molecule has 2 aromatic carbocycles. The number of nitro benzene ring substituents is 1. The van der Waals surface area contributed by atoms with Crippen LogP contribution in [0.25, 0.3) is 22.2 Å². The predicted molar refractivity (Wildman–Crippen MR) is 133 cm³/mol. The second-order valence-corrected chi connectivity index (χ2v) is 9.82. The van der Waals surface area contributed by atoms with Crippen LogP contribution in [-0.4, -0.2) is 45.5 Å². The first-order valence-corrected chi connectivity index (χ1v) is 12.3. The van der Waals surface area contributed by atoms with Crippen LogP contribution in [0, 0.1) is 16.0 Å². The number of hydrogen-bond acceptors (Lipinski definition) is 6. The van der Waals surface area contributed by atoms with E-state index in [1.807, 2.05) is 12.4 Å². The number of aliphatic imine (C=N–C) groups is 1. The minimum absolute atomic E-state index is 0.103. The minimum atomic E-state index is -0.270. The third-order valence-corrected chi connectivity index (χ3v) is 7.79. The van der Waals surface area contributed by atoms with Crippen LogP contribution in [0.4, 0.5) is 17.1 Å². The number of nitrogens with zero attached hydrogens (tertiary/aromatic N) is 5. The molecule has 0 spiro atoms. The monoisotopic (exact) mass is 459 g/mol. The van der Waals surface area contributed by atoms with Gasteiger partial charge in [0.05, 0.1) is 33.5 Å². The fourth-order valence-corrected chi connectivity index (χ4v) is 5.99. The number of benzene rings is 2. The average molecular weight is 460 g/mol. The van der Waals surface area contributed by atoms with Crippen molar-refractivity contribution in [1.82, 2.24) is 9.55 Å². The standard InChI is InChI=1S/C26H29N5O3/c32-15-17-9-11-29(14-17)24-13-21(25-20(8-10-27-25)26(24)31(33)34)18-6-7-23-22(12-18)28-16-30(23)19-4-2-1-3-5-19/h6-7,10,12-13,16-17,19,32H,1-5,8-9,11,14-15H2/t17-/m0/s1. The summed E-state index contributed by atoms with van der Waals surface area (Å²) in [4.78, 5) is 23.2. The summed E-state index contributed by atoms with van der Waals surface area (Å²) >= 11 is 0. The van der Waals surface area contributed by atoms with E-state index in [1.54, 1.807) is 6.21 Å². The molecule has 3 aromatic rings. The summed E-state index contributed by atoms with van der Waals surface area (Å²) in [5.74, 6) is 0.146. The normalized spacial score (nSPS) is 20.4. The van der Waals surface area contributed by atoms with Crippen LogP contribution in [0.3, 0.4) is 0 Å². The Morgan fingerprint density at radius 3 is 2.76 bits per heavy atom. The highest BCUT2D eigenvalue weighted by Gasteiger charge is 2.33. The van der Waals surface area contributed by atoms with E-state index >= 15 is 0 Å². The van der Waals surface area contributed by atoms with Crippen LogP contribution in [0.15, 0.2) is 35.6 Å². The zero-order valence-corrected chi connectivity index (χ0v) is 19.2. The van der Waals surface area contributed by atoms with Gasteiger partial charge >= 0.3 is 0 Å². The van der Waals surface area contributed by atoms with E-state index in [0.717, 1.165) is 28.6 Å². The minimum Gasteiger partial charge on any atom is -0.396 e. The summed E-state index contributed by atoms with van der Waals surface area (Å²) in [5.41, 5.74) is 6.13. The Hall–Kier alpha value is -3.26. The Balaban J connectivity index is 1.45. The maximum Gasteiger partial charge on any atom is 0.298 e. The van der Waals surface area contributed by atoms with Crippen LogP contribution in [-0.2, 0) is 6.42 Å². The van der Waals surface area contributed by atoms with Gasteiger partial charge in [-0.15, -0.1) is 0 Å². The molecule has 1 saturated carbocycles. The first kappa shape index (κ1) is 21.3. The molecule has 1 aliphatic carbocycles. The lowest BCUT2D eigenvalue weighted by Crippen LogP contribution is -2.22. The number of aliphatic hydroxyl groups is 1. The molecular formula is C26H29N5O3. The van der Waals surface area contributed by atoms with Crippen molar-refractivity contribution in [3.05, 3.63) is 46.3 Å². The topological polar surface area (TPSA) is 96.8 Å². The molecule has 3 aliphatic rings. The van der Waals surface area contributed by atoms with E-state index in [0.29, 0.717) is 42.5 Å². The number of rotatable bonds is 5. The van der Waals surface area contributed by atoms with Crippen LogP contribution in [0.2, 0.25) is 0 Å². The SMILES string of the molecule is O=[N+]([O-])c1c(N2CC[C@H](CO)C2)cc(-c2ccc3c(c2)ncn3C2CCCCC2)c2c1CC=N2. The lowest BCUT2D eigenvalue weighted by molar-refractivity contribution is -0.384. The van der Waals surface area contributed by atoms with E-state index in [-0.39, 0.29) is 23.1 Å². The molecule has 8 heteroatoms. The van der Waals surface area contributed by atoms with Crippen molar-refractivity contribution in [2.45, 2.75) is 51.0 Å². The van der Waals surface area contributed by atoms with Crippen LogP contribution in [0.1, 0.15) is 50.1 Å². The van der Waals surface area contributed by atoms with Gasteiger partial charge in [-0.25, -0.2) is 4.98 Å². The van der Waals surface area contributed by atoms with E-state index in [2.05, 4.69) is 32.7 Å². The van der Waals surface area contributed by atoms with E-state index < -0.39 is 0 Å². The van der Waals surface area contributed by atoms with Gasteiger partial charge in [-0.2, -0.15) is 0 Å². The van der Waals surface area contributed by atoms with Crippen molar-refractivity contribution in [3.8, 4) is 11.1 Å². The summed E-state index contributed by atoms with van der Waals surface area (Å²) in [7, 11) is 0. The van der Waals surface area contributed by atoms with Gasteiger partial charge in [0.1, 0.15) is 5.69 Å². The number of anilines is 1. The molecule has 8 nitrogen and oxygen atoms in total. The van der Waals surface area contributed by atoms with Gasteiger partial charge in [-0.05, 0) is 43.0 Å². The molecule has 2 fully saturated rings. The number of hydrogen-bond donors (Lipinski definition) is 1. The maximum absolute atomic E-state index is 12.1. The second kappa shape index (κ2) is 8.51. The highest BCUT2D eigenvalue weighted by Crippen LogP contribution is 2.48. The summed E-state index contributed by atoms with van der Waals surface area (Å²) < 4.78 is 2.32. The smallest absolute Gasteiger partial charge is 0.298 e. The quantitative estimate of drug-likeness (QED) is 0.418. The van der Waals surface area contributed by atoms with Crippen LogP contribution in [0.5, 0.6) is 0 Å². The zero-order chi connectivity index (χ0) is 23.2. The third-order valence-electron chi connectivity index (χ3n) is 7.79. The molecule has 0 amide bonds. The number of fused-ring (bicyclic) bond motifs is 2. The van der Waals surface area contributed by atoms with Crippen molar-refractivity contribution in [2.75, 3.05) is 24.6 Å². The first-order valence-electron chi connectivity index (χ1n) is 12.3. The number of aromatic nitrogens is 2. The third kappa shape index (κ3) is 3.48. The van der Waals surface area contributed by atoms with Gasteiger partial charge in [0.15, 0.2) is 0 Å². The second-order valence-electron chi connectivity index (χ2n) is 9.82. The molecule has 1 N–H and O–H groups in total. The van der Waals surface area contributed by atoms with Gasteiger partial charge in [0, 0.05) is 49.9 Å². The molecule has 34 heavy (non-hydrogen) atoms. The summed E-state index contributed by atoms with van der Waals surface area (Å²) in [5, 5.41) is 21.7. The molecule has 0 radical (unpaired) electrons. The summed E-state index contributed by atoms with van der Waals surface area (Å²) in [6, 6.07) is 8.77. The molecule has 1 atom stereocenters. The zero-order valence-electron chi connectivity index (χ0n) is 19.2. The first-order chi connectivity index (χ1) is 16.6. The highest BCUT2D eigenvalue weighted by atomic mass is 16.6. The molecule has 0 unspecified atom stereocenters. The van der Waals surface area contributed by atoms with Crippen molar-refractivity contribution in [3.63, 3.8) is 0 Å². The van der Waals surface area contributed by atoms with Crippen molar-refractivity contribution in [2.24, 2.45) is 10.9 Å². The predicted octanol–water partition coefficient (Wildman–Crippen LogP) is 5.19. The summed E-state index contributed by atoms with van der Waals surface area (Å²) in [6.07, 6.45) is 11.3. The van der Waals surface area contributed by atoms with Gasteiger partial charge in [0.2, 0.25) is 0 Å². The maximum atomic E-state index is 12.1. The van der Waals surface area contributed by atoms with Gasteiger partial charge in [-0.3, -0.25) is 15.1 Å². The van der Waals surface area contributed by atoms with E-state index in [4.69, 9.17) is 4.98 Å². The molecule has 2 aliphatic heterocycles. The lowest BCUT2D eigenvalue weighted by Gasteiger charge is -2.23. The molecule has 6 rings (SSSR count). The average Bonchev–Trinajstić information content (AvgIpc) is 3.62. The van der Waals surface area contributed by atoms with Crippen molar-refractivity contribution in [1.29, 1.82) is 0 Å². The Kier molecular flexibility index (Phi) is 5.32. The fraction of sp³-hybridized carbons (Fsp3) is 0.462. The number of aliphatic hydroxyl groups excluding tert-OH is 1. The van der Waals surface area contributed by atoms with Gasteiger partial charge < -0.3 is 14.6 Å². The largest absolute Gasteiger partial charge is 0.396 e. The molecular weight excluding hydrogens is 430 g/mol. The molecule has 1 aromatic heterocycles. The van der Waals surface area contributed by atoms with Gasteiger partial charge in [0.25, 0.3) is 5.69 Å². The van der Waals surface area contributed by atoms with Crippen molar-refractivity contribution < 1.29 is 10.0 Å². The van der Waals surface area contributed by atoms with E-state index in [9.17, 15) is 15.2 Å². The van der Waals surface area contributed by atoms with Gasteiger partial charge in [-0.1, -0.05) is 25.3 Å². The Bertz CT molecular complexity index is 1290. The highest BCUT2D eigenvalue weighted by molar-refractivity contribution is 5.96. The summed E-state index contributed by atoms with van der Waals surface area (Å²) in [6.45, 7) is 1.43. The molecule has 1 saturated heterocycles. The van der Waals surface area contributed by atoms with Crippen molar-refractivity contribution >= 4 is 34.3 Å². The number of nitro groups is 1.